The molecule has 2 rings (SSSR count). The van der Waals surface area contributed by atoms with Crippen molar-refractivity contribution in [2.24, 2.45) is 0 Å². The molecule has 0 bridgehead atoms. The van der Waals surface area contributed by atoms with Crippen LogP contribution in [0.25, 0.3) is 0 Å². The van der Waals surface area contributed by atoms with E-state index in [0.717, 1.165) is 10.5 Å². The van der Waals surface area contributed by atoms with Gasteiger partial charge in [0.2, 0.25) is 5.91 Å². The molecule has 1 aliphatic heterocycles. The number of methoxy groups -OCH3 is 2. The van der Waals surface area contributed by atoms with Crippen molar-refractivity contribution in [1.29, 1.82) is 0 Å². The lowest BCUT2D eigenvalue weighted by Crippen LogP contribution is -2.46. The summed E-state index contributed by atoms with van der Waals surface area (Å²) in [5.74, 6) is -0.775. The molecule has 4 amide bonds. The topological polar surface area (TPSA) is 88.2 Å². The molecule has 1 aromatic rings. The zero-order chi connectivity index (χ0) is 22.5. The van der Waals surface area contributed by atoms with Gasteiger partial charge in [-0.05, 0) is 23.5 Å². The number of carbonyl (C=O) groups is 3. The highest BCUT2D eigenvalue weighted by Crippen LogP contribution is 2.31. The number of benzene rings is 1. The van der Waals surface area contributed by atoms with Gasteiger partial charge >= 0.3 is 6.03 Å². The molecule has 0 aromatic heterocycles. The van der Waals surface area contributed by atoms with E-state index in [0.29, 0.717) is 31.9 Å². The van der Waals surface area contributed by atoms with Crippen LogP contribution in [0.5, 0.6) is 0 Å². The zero-order valence-electron chi connectivity index (χ0n) is 18.8. The minimum Gasteiger partial charge on any atom is -0.383 e. The number of rotatable bonds is 9. The predicted octanol–water partition coefficient (Wildman–Crippen LogP) is 1.87. The molecule has 8 heteroatoms. The van der Waals surface area contributed by atoms with Crippen molar-refractivity contribution in [3.8, 4) is 0 Å². The third-order valence-corrected chi connectivity index (χ3v) is 5.38. The number of nitrogens with one attached hydrogen (secondary N) is 1. The number of amides is 4. The van der Waals surface area contributed by atoms with Gasteiger partial charge in [0.05, 0.1) is 13.2 Å². The van der Waals surface area contributed by atoms with Gasteiger partial charge in [0, 0.05) is 27.3 Å². The lowest BCUT2D eigenvalue weighted by molar-refractivity contribution is -0.139. The van der Waals surface area contributed by atoms with Crippen molar-refractivity contribution >= 4 is 17.8 Å². The molecule has 0 saturated carbocycles. The Morgan fingerprint density at radius 2 is 1.60 bits per heavy atom. The van der Waals surface area contributed by atoms with E-state index >= 15 is 0 Å². The standard InChI is InChI=1S/C22H33N3O5/c1-21(2,3)16-7-9-17(10-8-16)22(4)19(27)25(20(28)23-22)15-18(26)24(11-13-29-5)12-14-30-6/h7-10H,11-15H2,1-6H3,(H,23,28). The van der Waals surface area contributed by atoms with E-state index in [4.69, 9.17) is 9.47 Å². The molecule has 166 valence electrons. The number of hydrogen-bond acceptors (Lipinski definition) is 5. The highest BCUT2D eigenvalue weighted by molar-refractivity contribution is 6.09. The molecule has 1 saturated heterocycles. The molecule has 1 unspecified atom stereocenters. The molecule has 1 atom stereocenters. The molecular formula is C22H33N3O5. The van der Waals surface area contributed by atoms with Crippen LogP contribution in [0.3, 0.4) is 0 Å². The van der Waals surface area contributed by atoms with Crippen LogP contribution in [-0.4, -0.2) is 74.7 Å². The Bertz CT molecular complexity index is 764. The van der Waals surface area contributed by atoms with E-state index in [1.165, 1.54) is 4.90 Å². The van der Waals surface area contributed by atoms with E-state index in [1.54, 1.807) is 21.1 Å². The van der Waals surface area contributed by atoms with Crippen LogP contribution in [0.1, 0.15) is 38.8 Å². The van der Waals surface area contributed by atoms with Gasteiger partial charge in [0.25, 0.3) is 5.91 Å². The van der Waals surface area contributed by atoms with Crippen molar-refractivity contribution in [2.45, 2.75) is 38.6 Å². The maximum absolute atomic E-state index is 13.1. The minimum absolute atomic E-state index is 0.0192. The summed E-state index contributed by atoms with van der Waals surface area (Å²) < 4.78 is 10.1. The number of urea groups is 1. The van der Waals surface area contributed by atoms with Crippen LogP contribution in [-0.2, 0) is 30.0 Å². The monoisotopic (exact) mass is 419 g/mol. The summed E-state index contributed by atoms with van der Waals surface area (Å²) in [7, 11) is 3.10. The van der Waals surface area contributed by atoms with Crippen LogP contribution >= 0.6 is 0 Å². The Kier molecular flexibility index (Phi) is 7.60. The van der Waals surface area contributed by atoms with Gasteiger partial charge in [0.1, 0.15) is 12.1 Å². The Morgan fingerprint density at radius 1 is 1.07 bits per heavy atom. The van der Waals surface area contributed by atoms with Crippen LogP contribution in [0, 0.1) is 0 Å². The quantitative estimate of drug-likeness (QED) is 0.618. The first-order chi connectivity index (χ1) is 14.0. The number of carbonyl (C=O) groups excluding carboxylic acids is 3. The third kappa shape index (κ3) is 5.17. The molecule has 1 heterocycles. The van der Waals surface area contributed by atoms with Gasteiger partial charge in [0.15, 0.2) is 0 Å². The molecule has 1 aliphatic rings. The summed E-state index contributed by atoms with van der Waals surface area (Å²) in [5, 5.41) is 2.75. The van der Waals surface area contributed by atoms with Gasteiger partial charge in [-0.3, -0.25) is 14.5 Å². The van der Waals surface area contributed by atoms with E-state index in [-0.39, 0.29) is 17.9 Å². The first kappa shape index (κ1) is 23.8. The second-order valence-corrected chi connectivity index (χ2v) is 8.64. The fourth-order valence-electron chi connectivity index (χ4n) is 3.34. The number of ether oxygens (including phenoxy) is 2. The maximum atomic E-state index is 13.1. The lowest BCUT2D eigenvalue weighted by atomic mass is 9.84. The van der Waals surface area contributed by atoms with E-state index in [2.05, 4.69) is 26.1 Å². The first-order valence-electron chi connectivity index (χ1n) is 10.1. The highest BCUT2D eigenvalue weighted by atomic mass is 16.5. The lowest BCUT2D eigenvalue weighted by Gasteiger charge is -2.26. The minimum atomic E-state index is -1.21. The SMILES string of the molecule is COCCN(CCOC)C(=O)CN1C(=O)NC(C)(c2ccc(C(C)(C)C)cc2)C1=O. The van der Waals surface area contributed by atoms with Crippen LogP contribution < -0.4 is 5.32 Å². The van der Waals surface area contributed by atoms with E-state index < -0.39 is 17.5 Å². The smallest absolute Gasteiger partial charge is 0.325 e. The summed E-state index contributed by atoms with van der Waals surface area (Å²) in [6.45, 7) is 9.09. The van der Waals surface area contributed by atoms with Crippen LogP contribution in [0.2, 0.25) is 0 Å². The molecule has 30 heavy (non-hydrogen) atoms. The fourth-order valence-corrected chi connectivity index (χ4v) is 3.34. The van der Waals surface area contributed by atoms with E-state index in [9.17, 15) is 14.4 Å². The summed E-state index contributed by atoms with van der Waals surface area (Å²) in [6.07, 6.45) is 0. The summed E-state index contributed by atoms with van der Waals surface area (Å²) in [5.41, 5.74) is 0.580. The maximum Gasteiger partial charge on any atom is 0.325 e. The number of imide groups is 1. The largest absolute Gasteiger partial charge is 0.383 e. The number of nitrogens with zero attached hydrogens (tertiary/aromatic N) is 2. The van der Waals surface area contributed by atoms with Crippen molar-refractivity contribution in [3.05, 3.63) is 35.4 Å². The van der Waals surface area contributed by atoms with Crippen LogP contribution in [0.15, 0.2) is 24.3 Å². The predicted molar refractivity (Wildman–Crippen MR) is 113 cm³/mol. The fraction of sp³-hybridized carbons (Fsp3) is 0.591. The Balaban J connectivity index is 2.17. The van der Waals surface area contributed by atoms with Gasteiger partial charge in [-0.2, -0.15) is 0 Å². The normalized spacial score (nSPS) is 19.2. The Labute approximate surface area is 178 Å². The number of hydrogen-bond donors (Lipinski definition) is 1. The van der Waals surface area contributed by atoms with Gasteiger partial charge < -0.3 is 19.7 Å². The molecule has 1 N–H and O–H groups in total. The van der Waals surface area contributed by atoms with Crippen molar-refractivity contribution in [2.75, 3.05) is 47.1 Å². The molecule has 0 aliphatic carbocycles. The van der Waals surface area contributed by atoms with Crippen molar-refractivity contribution in [3.63, 3.8) is 0 Å². The second-order valence-electron chi connectivity index (χ2n) is 8.64. The zero-order valence-corrected chi connectivity index (χ0v) is 18.8. The van der Waals surface area contributed by atoms with Crippen LogP contribution in [0.4, 0.5) is 4.79 Å². The Morgan fingerprint density at radius 3 is 2.07 bits per heavy atom. The highest BCUT2D eigenvalue weighted by Gasteiger charge is 2.49. The summed E-state index contributed by atoms with van der Waals surface area (Å²) in [4.78, 5) is 40.9. The third-order valence-electron chi connectivity index (χ3n) is 5.38. The second kappa shape index (κ2) is 9.57. The molecule has 1 aromatic carbocycles. The molecule has 8 nitrogen and oxygen atoms in total. The van der Waals surface area contributed by atoms with Crippen molar-refractivity contribution < 1.29 is 23.9 Å². The van der Waals surface area contributed by atoms with Crippen molar-refractivity contribution in [1.82, 2.24) is 15.1 Å². The van der Waals surface area contributed by atoms with Gasteiger partial charge in [-0.25, -0.2) is 4.79 Å². The van der Waals surface area contributed by atoms with Gasteiger partial charge in [-0.1, -0.05) is 45.0 Å². The summed E-state index contributed by atoms with van der Waals surface area (Å²) in [6, 6.07) is 7.06. The average Bonchev–Trinajstić information content (AvgIpc) is 2.91. The Hall–Kier alpha value is -2.45. The van der Waals surface area contributed by atoms with E-state index in [1.807, 2.05) is 24.3 Å². The average molecular weight is 420 g/mol. The molecule has 0 spiro atoms. The molecule has 0 radical (unpaired) electrons. The molecule has 1 fully saturated rings. The first-order valence-corrected chi connectivity index (χ1v) is 10.1. The summed E-state index contributed by atoms with van der Waals surface area (Å²) >= 11 is 0. The van der Waals surface area contributed by atoms with Gasteiger partial charge in [-0.15, -0.1) is 0 Å². The molecular weight excluding hydrogens is 386 g/mol.